The van der Waals surface area contributed by atoms with Crippen LogP contribution in [0.25, 0.3) is 11.1 Å². The van der Waals surface area contributed by atoms with Gasteiger partial charge in [0.1, 0.15) is 18.4 Å². The molecule has 0 bridgehead atoms. The van der Waals surface area contributed by atoms with Gasteiger partial charge in [0.15, 0.2) is 11.5 Å². The summed E-state index contributed by atoms with van der Waals surface area (Å²) in [5.41, 5.74) is 4.25. The fourth-order valence-corrected chi connectivity index (χ4v) is 3.97. The molecular formula is C24H21NO7. The molecule has 1 aliphatic carbocycles. The molecule has 0 aromatic heterocycles. The Balaban J connectivity index is 1.45. The Morgan fingerprint density at radius 2 is 1.44 bits per heavy atom. The first-order valence-electron chi connectivity index (χ1n) is 9.93. The molecule has 1 aliphatic rings. The van der Waals surface area contributed by atoms with E-state index in [0.29, 0.717) is 0 Å². The molecule has 0 saturated carbocycles. The molecule has 3 aromatic carbocycles. The highest BCUT2D eigenvalue weighted by Crippen LogP contribution is 2.44. The van der Waals surface area contributed by atoms with Crippen molar-refractivity contribution in [3.8, 4) is 28.4 Å². The molecule has 4 rings (SSSR count). The summed E-state index contributed by atoms with van der Waals surface area (Å²) < 4.78 is 5.37. The molecule has 164 valence electrons. The van der Waals surface area contributed by atoms with E-state index >= 15 is 0 Å². The summed E-state index contributed by atoms with van der Waals surface area (Å²) in [5.74, 6) is -2.97. The van der Waals surface area contributed by atoms with E-state index in [9.17, 15) is 30.0 Å². The monoisotopic (exact) mass is 435 g/mol. The normalized spacial score (nSPS) is 13.1. The minimum absolute atomic E-state index is 0.0252. The molecule has 0 aliphatic heterocycles. The predicted octanol–water partition coefficient (Wildman–Crippen LogP) is 3.34. The number of hydrogen-bond donors (Lipinski definition) is 5. The summed E-state index contributed by atoms with van der Waals surface area (Å²) in [4.78, 5) is 24.0. The zero-order valence-corrected chi connectivity index (χ0v) is 16.9. The fourth-order valence-electron chi connectivity index (χ4n) is 3.97. The highest BCUT2D eigenvalue weighted by atomic mass is 16.5. The molecule has 32 heavy (non-hydrogen) atoms. The number of carbonyl (C=O) groups excluding carboxylic acids is 1. The highest BCUT2D eigenvalue weighted by molar-refractivity contribution is 5.81. The Kier molecular flexibility index (Phi) is 5.59. The number of phenolic OH excluding ortho intramolecular Hbond substituents is 3. The molecule has 1 atom stereocenters. The number of amides is 1. The molecule has 0 spiro atoms. The number of hydrogen-bond acceptors (Lipinski definition) is 6. The van der Waals surface area contributed by atoms with Crippen molar-refractivity contribution < 1.29 is 34.8 Å². The quantitative estimate of drug-likeness (QED) is 0.296. The van der Waals surface area contributed by atoms with Gasteiger partial charge in [0.05, 0.1) is 0 Å². The third-order valence-electron chi connectivity index (χ3n) is 5.53. The van der Waals surface area contributed by atoms with Crippen LogP contribution < -0.4 is 5.32 Å². The SMILES string of the molecule is O=C(NC(Cc1cc(O)c(O)cc1O)C(=O)O)OCC1c2ccccc2-c2ccccc21. The largest absolute Gasteiger partial charge is 0.508 e. The first-order chi connectivity index (χ1) is 15.3. The van der Waals surface area contributed by atoms with Gasteiger partial charge in [-0.15, -0.1) is 0 Å². The third-order valence-corrected chi connectivity index (χ3v) is 5.53. The Bertz CT molecular complexity index is 1150. The summed E-state index contributed by atoms with van der Waals surface area (Å²) >= 11 is 0. The van der Waals surface area contributed by atoms with Gasteiger partial charge in [0.2, 0.25) is 0 Å². The van der Waals surface area contributed by atoms with E-state index in [1.165, 1.54) is 0 Å². The average molecular weight is 435 g/mol. The van der Waals surface area contributed by atoms with Crippen LogP contribution in [0, 0.1) is 0 Å². The first-order valence-corrected chi connectivity index (χ1v) is 9.93. The molecule has 5 N–H and O–H groups in total. The maximum atomic E-state index is 12.4. The standard InChI is InChI=1S/C24H21NO7/c26-20-11-22(28)21(27)10-13(20)9-19(23(29)30)25-24(31)32-12-18-16-7-3-1-5-14(16)15-6-2-4-8-17(15)18/h1-8,10-11,18-19,26-28H,9,12H2,(H,25,31)(H,29,30). The number of benzene rings is 3. The summed E-state index contributed by atoms with van der Waals surface area (Å²) in [6.45, 7) is 0.0252. The molecule has 8 heteroatoms. The number of fused-ring (bicyclic) bond motifs is 3. The molecule has 0 radical (unpaired) electrons. The van der Waals surface area contributed by atoms with E-state index in [1.807, 2.05) is 48.5 Å². The van der Waals surface area contributed by atoms with Crippen LogP contribution in [0.2, 0.25) is 0 Å². The van der Waals surface area contributed by atoms with Crippen LogP contribution in [0.15, 0.2) is 60.7 Å². The van der Waals surface area contributed by atoms with Gasteiger partial charge < -0.3 is 30.5 Å². The van der Waals surface area contributed by atoms with Gasteiger partial charge in [-0.05, 0) is 28.3 Å². The van der Waals surface area contributed by atoms with E-state index in [4.69, 9.17) is 4.74 Å². The number of phenols is 3. The second kappa shape index (κ2) is 8.50. The topological polar surface area (TPSA) is 136 Å². The number of carboxylic acids is 1. The first kappa shape index (κ1) is 21.0. The van der Waals surface area contributed by atoms with E-state index < -0.39 is 35.4 Å². The lowest BCUT2D eigenvalue weighted by molar-refractivity contribution is -0.139. The van der Waals surface area contributed by atoms with Crippen molar-refractivity contribution >= 4 is 12.1 Å². The molecule has 8 nitrogen and oxygen atoms in total. The Morgan fingerprint density at radius 1 is 0.875 bits per heavy atom. The Labute approximate surface area is 183 Å². The maximum Gasteiger partial charge on any atom is 0.407 e. The second-order valence-electron chi connectivity index (χ2n) is 7.53. The lowest BCUT2D eigenvalue weighted by atomic mass is 9.98. The predicted molar refractivity (Wildman–Crippen MR) is 115 cm³/mol. The molecule has 1 amide bonds. The lowest BCUT2D eigenvalue weighted by Crippen LogP contribution is -2.42. The maximum absolute atomic E-state index is 12.4. The van der Waals surface area contributed by atoms with Gasteiger partial charge >= 0.3 is 12.1 Å². The number of carbonyl (C=O) groups is 2. The summed E-state index contributed by atoms with van der Waals surface area (Å²) in [6.07, 6.45) is -1.24. The summed E-state index contributed by atoms with van der Waals surface area (Å²) in [6, 6.07) is 16.2. The van der Waals surface area contributed by atoms with Gasteiger partial charge in [-0.2, -0.15) is 0 Å². The van der Waals surface area contributed by atoms with Gasteiger partial charge in [-0.1, -0.05) is 48.5 Å². The van der Waals surface area contributed by atoms with Crippen molar-refractivity contribution in [2.45, 2.75) is 18.4 Å². The molecule has 0 fully saturated rings. The van der Waals surface area contributed by atoms with E-state index in [0.717, 1.165) is 34.4 Å². The van der Waals surface area contributed by atoms with Crippen molar-refractivity contribution in [3.05, 3.63) is 77.4 Å². The molecule has 3 aromatic rings. The van der Waals surface area contributed by atoms with Crippen LogP contribution >= 0.6 is 0 Å². The number of alkyl carbamates (subject to hydrolysis) is 1. The molecule has 0 heterocycles. The summed E-state index contributed by atoms with van der Waals surface area (Å²) in [5, 5.41) is 40.7. The molecule has 1 unspecified atom stereocenters. The van der Waals surface area contributed by atoms with Crippen molar-refractivity contribution in [3.63, 3.8) is 0 Å². The van der Waals surface area contributed by atoms with Gasteiger partial charge in [0, 0.05) is 24.0 Å². The third kappa shape index (κ3) is 4.02. The fraction of sp³-hybridized carbons (Fsp3) is 0.167. The van der Waals surface area contributed by atoms with Crippen molar-refractivity contribution in [1.29, 1.82) is 0 Å². The van der Waals surface area contributed by atoms with Crippen LogP contribution in [-0.2, 0) is 16.0 Å². The second-order valence-corrected chi connectivity index (χ2v) is 7.53. The van der Waals surface area contributed by atoms with Crippen molar-refractivity contribution in [2.24, 2.45) is 0 Å². The van der Waals surface area contributed by atoms with Crippen LogP contribution in [0.4, 0.5) is 4.79 Å². The lowest BCUT2D eigenvalue weighted by Gasteiger charge is -2.18. The molecule has 0 saturated heterocycles. The highest BCUT2D eigenvalue weighted by Gasteiger charge is 2.30. The zero-order valence-electron chi connectivity index (χ0n) is 16.9. The Hall–Kier alpha value is -4.20. The number of carboxylic acid groups (broad SMARTS) is 1. The van der Waals surface area contributed by atoms with Crippen molar-refractivity contribution in [2.75, 3.05) is 6.61 Å². The Morgan fingerprint density at radius 3 is 2.03 bits per heavy atom. The smallest absolute Gasteiger partial charge is 0.407 e. The number of aromatic hydroxyl groups is 3. The molecular weight excluding hydrogens is 414 g/mol. The summed E-state index contributed by atoms with van der Waals surface area (Å²) in [7, 11) is 0. The number of aliphatic carboxylic acids is 1. The zero-order chi connectivity index (χ0) is 22.8. The van der Waals surface area contributed by atoms with Crippen LogP contribution in [0.5, 0.6) is 17.2 Å². The van der Waals surface area contributed by atoms with E-state index in [2.05, 4.69) is 5.32 Å². The number of ether oxygens (including phenoxy) is 1. The minimum Gasteiger partial charge on any atom is -0.508 e. The number of rotatable bonds is 6. The van der Waals surface area contributed by atoms with E-state index in [1.54, 1.807) is 0 Å². The van der Waals surface area contributed by atoms with Gasteiger partial charge in [-0.3, -0.25) is 0 Å². The van der Waals surface area contributed by atoms with Crippen molar-refractivity contribution in [1.82, 2.24) is 5.32 Å². The van der Waals surface area contributed by atoms with Gasteiger partial charge in [-0.25, -0.2) is 9.59 Å². The van der Waals surface area contributed by atoms with Crippen LogP contribution in [-0.4, -0.2) is 45.1 Å². The van der Waals surface area contributed by atoms with Gasteiger partial charge in [0.25, 0.3) is 0 Å². The van der Waals surface area contributed by atoms with E-state index in [-0.39, 0.29) is 24.5 Å². The average Bonchev–Trinajstić information content (AvgIpc) is 3.09. The number of nitrogens with one attached hydrogen (secondary N) is 1. The van der Waals surface area contributed by atoms with Crippen LogP contribution in [0.1, 0.15) is 22.6 Å². The van der Waals surface area contributed by atoms with Crippen LogP contribution in [0.3, 0.4) is 0 Å². The minimum atomic E-state index is -1.42.